The van der Waals surface area contributed by atoms with Crippen LogP contribution >= 0.6 is 0 Å². The van der Waals surface area contributed by atoms with E-state index < -0.39 is 0 Å². The third-order valence-electron chi connectivity index (χ3n) is 3.14. The Kier molecular flexibility index (Phi) is 2.95. The van der Waals surface area contributed by atoms with Gasteiger partial charge in [-0.25, -0.2) is 4.98 Å². The van der Waals surface area contributed by atoms with Crippen molar-refractivity contribution in [2.75, 3.05) is 24.5 Å². The van der Waals surface area contributed by atoms with Gasteiger partial charge in [-0.05, 0) is 27.3 Å². The molecular weight excluding hydrogens is 216 g/mol. The van der Waals surface area contributed by atoms with Crippen LogP contribution in [0.25, 0.3) is 0 Å². The first kappa shape index (κ1) is 12.1. The van der Waals surface area contributed by atoms with Gasteiger partial charge in [0, 0.05) is 36.9 Å². The molecule has 17 heavy (non-hydrogen) atoms. The summed E-state index contributed by atoms with van der Waals surface area (Å²) in [7, 11) is 0. The summed E-state index contributed by atoms with van der Waals surface area (Å²) in [6.07, 6.45) is 3.43. The highest BCUT2D eigenvalue weighted by Crippen LogP contribution is 2.19. The van der Waals surface area contributed by atoms with E-state index in [9.17, 15) is 4.79 Å². The molecule has 5 nitrogen and oxygen atoms in total. The first-order valence-corrected chi connectivity index (χ1v) is 5.96. The lowest BCUT2D eigenvalue weighted by atomic mass is 10.0. The molecule has 1 aromatic rings. The van der Waals surface area contributed by atoms with Crippen LogP contribution in [-0.2, 0) is 5.54 Å². The fourth-order valence-electron chi connectivity index (χ4n) is 2.04. The van der Waals surface area contributed by atoms with Crippen LogP contribution < -0.4 is 16.2 Å². The average Bonchev–Trinajstić information content (AvgIpc) is 2.17. The van der Waals surface area contributed by atoms with Crippen LogP contribution in [0.4, 0.5) is 5.82 Å². The Morgan fingerprint density at radius 1 is 1.47 bits per heavy atom. The second-order valence-electron chi connectivity index (χ2n) is 5.60. The largest absolute Gasteiger partial charge is 0.351 e. The number of anilines is 1. The van der Waals surface area contributed by atoms with Crippen molar-refractivity contribution >= 4 is 5.82 Å². The van der Waals surface area contributed by atoms with Gasteiger partial charge in [0.2, 0.25) is 0 Å². The van der Waals surface area contributed by atoms with Crippen molar-refractivity contribution in [3.8, 4) is 0 Å². The fraction of sp³-hybridized carbons (Fsp3) is 0.667. The molecule has 1 aliphatic heterocycles. The number of hydrogen-bond acceptors (Lipinski definition) is 4. The molecule has 0 spiro atoms. The van der Waals surface area contributed by atoms with Crippen molar-refractivity contribution in [2.45, 2.75) is 26.3 Å². The molecule has 0 unspecified atom stereocenters. The van der Waals surface area contributed by atoms with Crippen LogP contribution in [0, 0.1) is 5.92 Å². The molecule has 1 aliphatic rings. The molecule has 5 heteroatoms. The van der Waals surface area contributed by atoms with E-state index >= 15 is 0 Å². The van der Waals surface area contributed by atoms with Gasteiger partial charge in [-0.2, -0.15) is 0 Å². The van der Waals surface area contributed by atoms with Crippen molar-refractivity contribution in [3.05, 3.63) is 22.7 Å². The first-order chi connectivity index (χ1) is 7.93. The van der Waals surface area contributed by atoms with E-state index in [-0.39, 0.29) is 11.1 Å². The van der Waals surface area contributed by atoms with Crippen LogP contribution in [0.3, 0.4) is 0 Å². The molecule has 0 bridgehead atoms. The zero-order valence-electron chi connectivity index (χ0n) is 10.7. The lowest BCUT2D eigenvalue weighted by molar-refractivity contribution is 0.374. The van der Waals surface area contributed by atoms with Crippen molar-refractivity contribution < 1.29 is 0 Å². The molecule has 2 N–H and O–H groups in total. The molecule has 1 saturated heterocycles. The topological polar surface area (TPSA) is 64.2 Å². The molecule has 0 saturated carbocycles. The van der Waals surface area contributed by atoms with Gasteiger partial charge < -0.3 is 15.2 Å². The van der Waals surface area contributed by atoms with Gasteiger partial charge in [-0.1, -0.05) is 0 Å². The molecule has 1 fully saturated rings. The number of aromatic nitrogens is 2. The monoisotopic (exact) mass is 236 g/mol. The van der Waals surface area contributed by atoms with Gasteiger partial charge in [0.1, 0.15) is 0 Å². The average molecular weight is 236 g/mol. The Morgan fingerprint density at radius 3 is 2.65 bits per heavy atom. The summed E-state index contributed by atoms with van der Waals surface area (Å²) >= 11 is 0. The van der Waals surface area contributed by atoms with Gasteiger partial charge in [-0.3, -0.25) is 4.79 Å². The Bertz CT molecular complexity index is 454. The van der Waals surface area contributed by atoms with Crippen LogP contribution in [0.2, 0.25) is 0 Å². The first-order valence-electron chi connectivity index (χ1n) is 5.96. The quantitative estimate of drug-likeness (QED) is 0.807. The van der Waals surface area contributed by atoms with E-state index in [1.54, 1.807) is 17.0 Å². The minimum atomic E-state index is -0.215. The number of nitrogens with zero attached hydrogens (tertiary/aromatic N) is 3. The van der Waals surface area contributed by atoms with Crippen molar-refractivity contribution in [1.82, 2.24) is 9.55 Å². The van der Waals surface area contributed by atoms with Crippen LogP contribution in [0.5, 0.6) is 0 Å². The molecule has 2 heterocycles. The Balaban J connectivity index is 2.29. The maximum atomic E-state index is 12.3. The zero-order chi connectivity index (χ0) is 12.6. The molecule has 0 atom stereocenters. The zero-order valence-corrected chi connectivity index (χ0v) is 10.7. The Hall–Kier alpha value is -1.36. The van der Waals surface area contributed by atoms with Gasteiger partial charge in [0.15, 0.2) is 5.82 Å². The van der Waals surface area contributed by atoms with Gasteiger partial charge >= 0.3 is 0 Å². The van der Waals surface area contributed by atoms with Gasteiger partial charge in [0.05, 0.1) is 0 Å². The third-order valence-corrected chi connectivity index (χ3v) is 3.14. The minimum absolute atomic E-state index is 0.0181. The highest BCUT2D eigenvalue weighted by Gasteiger charge is 2.29. The van der Waals surface area contributed by atoms with E-state index in [1.807, 2.05) is 25.7 Å². The number of nitrogens with two attached hydrogens (primary N) is 1. The van der Waals surface area contributed by atoms with E-state index in [0.29, 0.717) is 18.3 Å². The summed E-state index contributed by atoms with van der Waals surface area (Å²) in [6, 6.07) is 0. The van der Waals surface area contributed by atoms with Gasteiger partial charge in [0.25, 0.3) is 5.56 Å². The summed E-state index contributed by atoms with van der Waals surface area (Å²) in [4.78, 5) is 18.5. The van der Waals surface area contributed by atoms with Crippen LogP contribution in [-0.4, -0.2) is 29.2 Å². The predicted octanol–water partition coefficient (Wildman–Crippen LogP) is 0.393. The van der Waals surface area contributed by atoms with E-state index in [4.69, 9.17) is 5.73 Å². The van der Waals surface area contributed by atoms with Crippen LogP contribution in [0.15, 0.2) is 17.2 Å². The Morgan fingerprint density at radius 2 is 2.12 bits per heavy atom. The molecule has 0 amide bonds. The standard InChI is InChI=1S/C12H20N4O/c1-12(2,3)16-5-4-14-10(11(16)17)15-7-9(6-13)8-15/h4-5,9H,6-8,13H2,1-3H3. The molecule has 94 valence electrons. The normalized spacial score (nSPS) is 17.1. The lowest BCUT2D eigenvalue weighted by Crippen LogP contribution is -2.53. The number of rotatable bonds is 2. The molecule has 1 aromatic heterocycles. The SMILES string of the molecule is CC(C)(C)n1ccnc(N2CC(CN)C2)c1=O. The van der Waals surface area contributed by atoms with E-state index in [0.717, 1.165) is 13.1 Å². The third kappa shape index (κ3) is 2.20. The molecule has 0 radical (unpaired) electrons. The number of hydrogen-bond donors (Lipinski definition) is 1. The summed E-state index contributed by atoms with van der Waals surface area (Å²) in [5, 5.41) is 0. The van der Waals surface area contributed by atoms with Gasteiger partial charge in [-0.15, -0.1) is 0 Å². The molecule has 0 aliphatic carbocycles. The second kappa shape index (κ2) is 4.14. The molecule has 2 rings (SSSR count). The lowest BCUT2D eigenvalue weighted by Gasteiger charge is -2.39. The smallest absolute Gasteiger partial charge is 0.293 e. The highest BCUT2D eigenvalue weighted by molar-refractivity contribution is 5.39. The summed E-state index contributed by atoms with van der Waals surface area (Å²) in [5.74, 6) is 1.05. The fourth-order valence-corrected chi connectivity index (χ4v) is 2.04. The van der Waals surface area contributed by atoms with E-state index in [1.165, 1.54) is 0 Å². The summed E-state index contributed by atoms with van der Waals surface area (Å²) in [6.45, 7) is 8.39. The molecule has 0 aromatic carbocycles. The van der Waals surface area contributed by atoms with E-state index in [2.05, 4.69) is 4.98 Å². The van der Waals surface area contributed by atoms with Crippen LogP contribution in [0.1, 0.15) is 20.8 Å². The highest BCUT2D eigenvalue weighted by atomic mass is 16.1. The van der Waals surface area contributed by atoms with Crippen molar-refractivity contribution in [1.29, 1.82) is 0 Å². The predicted molar refractivity (Wildman–Crippen MR) is 68.3 cm³/mol. The maximum absolute atomic E-state index is 12.3. The maximum Gasteiger partial charge on any atom is 0.293 e. The minimum Gasteiger partial charge on any atom is -0.351 e. The summed E-state index contributed by atoms with van der Waals surface area (Å²) < 4.78 is 1.73. The Labute approximate surface area is 101 Å². The van der Waals surface area contributed by atoms with Crippen molar-refractivity contribution in [2.24, 2.45) is 11.7 Å². The second-order valence-corrected chi connectivity index (χ2v) is 5.60. The summed E-state index contributed by atoms with van der Waals surface area (Å²) in [5.41, 5.74) is 5.35. The van der Waals surface area contributed by atoms with Crippen molar-refractivity contribution in [3.63, 3.8) is 0 Å². The molecular formula is C12H20N4O.